The second-order valence-corrected chi connectivity index (χ2v) is 8.68. The molecule has 0 aliphatic carbocycles. The summed E-state index contributed by atoms with van der Waals surface area (Å²) in [7, 11) is 2.29. The van der Waals surface area contributed by atoms with Crippen LogP contribution in [0.1, 0.15) is 19.4 Å². The van der Waals surface area contributed by atoms with E-state index in [2.05, 4.69) is 72.0 Å². The number of aryl methyl sites for hydroxylation is 1. The number of hydrogen-bond donors (Lipinski definition) is 1. The van der Waals surface area contributed by atoms with Crippen LogP contribution in [-0.4, -0.2) is 59.1 Å². The molecule has 1 aliphatic heterocycles. The van der Waals surface area contributed by atoms with Crippen molar-refractivity contribution in [2.24, 2.45) is 0 Å². The number of hydrogen-bond acceptors (Lipinski definition) is 5. The average molecular weight is 388 g/mol. The topological polar surface area (TPSA) is 49.2 Å². The van der Waals surface area contributed by atoms with Gasteiger partial charge in [-0.1, -0.05) is 32.0 Å². The fraction of sp³-hybridized carbons (Fsp3) is 0.364. The molecular weight excluding hydrogens is 359 g/mol. The van der Waals surface area contributed by atoms with Crippen molar-refractivity contribution in [3.8, 4) is 5.69 Å². The molecule has 3 aromatic rings. The van der Waals surface area contributed by atoms with Gasteiger partial charge in [0.15, 0.2) is 0 Å². The highest BCUT2D eigenvalue weighted by atomic mass is 15.4. The molecule has 4 rings (SSSR count). The lowest BCUT2D eigenvalue weighted by Crippen LogP contribution is -2.55. The number of nitrogens with zero attached hydrogens (tertiary/aromatic N) is 5. The molecule has 0 bridgehead atoms. The van der Waals surface area contributed by atoms with Gasteiger partial charge in [0, 0.05) is 37.6 Å². The third-order valence-corrected chi connectivity index (χ3v) is 5.42. The van der Waals surface area contributed by atoms with Gasteiger partial charge in [-0.05, 0) is 48.3 Å². The molecule has 0 unspecified atom stereocenters. The zero-order chi connectivity index (χ0) is 20.4. The van der Waals surface area contributed by atoms with Gasteiger partial charge in [-0.15, -0.1) is 5.10 Å². The molecule has 0 radical (unpaired) electrons. The first-order valence-corrected chi connectivity index (χ1v) is 10.2. The SMILES string of the molecule is BC(C)(C)N1CCN(c2cc(C)cc(Nc3ncn(-c4ccccc4)n3)c2)CC1. The summed E-state index contributed by atoms with van der Waals surface area (Å²) in [6.45, 7) is 11.0. The molecule has 29 heavy (non-hydrogen) atoms. The Morgan fingerprint density at radius 1 is 0.966 bits per heavy atom. The highest BCUT2D eigenvalue weighted by Gasteiger charge is 2.26. The summed E-state index contributed by atoms with van der Waals surface area (Å²) in [5.41, 5.74) is 4.72. The van der Waals surface area contributed by atoms with E-state index < -0.39 is 0 Å². The zero-order valence-electron chi connectivity index (χ0n) is 17.8. The van der Waals surface area contributed by atoms with Crippen molar-refractivity contribution in [2.45, 2.75) is 26.2 Å². The third kappa shape index (κ3) is 4.62. The van der Waals surface area contributed by atoms with E-state index in [0.29, 0.717) is 5.95 Å². The van der Waals surface area contributed by atoms with Crippen LogP contribution in [0.3, 0.4) is 0 Å². The minimum Gasteiger partial charge on any atom is -0.369 e. The van der Waals surface area contributed by atoms with E-state index in [-0.39, 0.29) is 5.44 Å². The molecule has 1 saturated heterocycles. The highest BCUT2D eigenvalue weighted by molar-refractivity contribution is 6.14. The quantitative estimate of drug-likeness (QED) is 0.682. The Morgan fingerprint density at radius 2 is 1.69 bits per heavy atom. The maximum atomic E-state index is 4.56. The Labute approximate surface area is 174 Å². The molecule has 2 heterocycles. The second kappa shape index (κ2) is 7.91. The van der Waals surface area contributed by atoms with Crippen LogP contribution < -0.4 is 10.2 Å². The molecule has 6 nitrogen and oxygen atoms in total. The van der Waals surface area contributed by atoms with E-state index in [0.717, 1.165) is 37.6 Å². The first kappa shape index (κ1) is 19.5. The van der Waals surface area contributed by atoms with Crippen molar-refractivity contribution < 1.29 is 0 Å². The third-order valence-electron chi connectivity index (χ3n) is 5.42. The van der Waals surface area contributed by atoms with Crippen LogP contribution in [-0.2, 0) is 0 Å². The van der Waals surface area contributed by atoms with Gasteiger partial charge in [0.2, 0.25) is 5.95 Å². The van der Waals surface area contributed by atoms with Crippen LogP contribution in [0.5, 0.6) is 0 Å². The largest absolute Gasteiger partial charge is 0.369 e. The Balaban J connectivity index is 1.48. The molecule has 0 atom stereocenters. The van der Waals surface area contributed by atoms with Crippen molar-refractivity contribution >= 4 is 25.2 Å². The predicted molar refractivity (Wildman–Crippen MR) is 122 cm³/mol. The standard InChI is InChI=1S/C22H29BN6/c1-17-13-18(25-21-24-16-29(26-21)19-7-5-4-6-8-19)15-20(14-17)27-9-11-28(12-10-27)22(2,3)23/h4-8,13-16H,9-12,23H2,1-3H3,(H,25,26). The van der Waals surface area contributed by atoms with Gasteiger partial charge in [-0.3, -0.25) is 0 Å². The molecule has 0 saturated carbocycles. The van der Waals surface area contributed by atoms with Crippen LogP contribution in [0.4, 0.5) is 17.3 Å². The van der Waals surface area contributed by atoms with Gasteiger partial charge >= 0.3 is 0 Å². The van der Waals surface area contributed by atoms with Gasteiger partial charge in [0.25, 0.3) is 0 Å². The highest BCUT2D eigenvalue weighted by Crippen LogP contribution is 2.26. The molecule has 2 aromatic carbocycles. The molecule has 0 amide bonds. The van der Waals surface area contributed by atoms with Crippen LogP contribution in [0, 0.1) is 6.92 Å². The van der Waals surface area contributed by atoms with Crippen molar-refractivity contribution in [2.75, 3.05) is 36.4 Å². The summed E-state index contributed by atoms with van der Waals surface area (Å²) in [6.07, 6.45) is 1.74. The molecule has 1 fully saturated rings. The molecule has 1 N–H and O–H groups in total. The lowest BCUT2D eigenvalue weighted by atomic mass is 9.79. The normalized spacial score (nSPS) is 15.5. The van der Waals surface area contributed by atoms with Crippen molar-refractivity contribution in [3.05, 3.63) is 60.4 Å². The van der Waals surface area contributed by atoms with Gasteiger partial charge in [-0.2, -0.15) is 4.98 Å². The van der Waals surface area contributed by atoms with Gasteiger partial charge in [0.1, 0.15) is 14.2 Å². The summed E-state index contributed by atoms with van der Waals surface area (Å²) in [5, 5.41) is 7.93. The minimum atomic E-state index is 0.231. The summed E-state index contributed by atoms with van der Waals surface area (Å²) in [4.78, 5) is 9.44. The van der Waals surface area contributed by atoms with Crippen LogP contribution in [0.25, 0.3) is 5.69 Å². The molecule has 1 aromatic heterocycles. The second-order valence-electron chi connectivity index (χ2n) is 8.68. The van der Waals surface area contributed by atoms with E-state index in [1.165, 1.54) is 11.3 Å². The first-order valence-electron chi connectivity index (χ1n) is 10.2. The first-order chi connectivity index (χ1) is 13.9. The van der Waals surface area contributed by atoms with Crippen molar-refractivity contribution in [1.82, 2.24) is 19.7 Å². The smallest absolute Gasteiger partial charge is 0.246 e. The van der Waals surface area contributed by atoms with Crippen molar-refractivity contribution in [1.29, 1.82) is 0 Å². The number of nitrogens with one attached hydrogen (secondary N) is 1. The Hall–Kier alpha value is -2.80. The Bertz CT molecular complexity index is 955. The minimum absolute atomic E-state index is 0.231. The van der Waals surface area contributed by atoms with E-state index >= 15 is 0 Å². The fourth-order valence-electron chi connectivity index (χ4n) is 3.81. The lowest BCUT2D eigenvalue weighted by molar-refractivity contribution is 0.178. The van der Waals surface area contributed by atoms with Crippen molar-refractivity contribution in [3.63, 3.8) is 0 Å². The number of anilines is 3. The van der Waals surface area contributed by atoms with Crippen LogP contribution in [0.15, 0.2) is 54.9 Å². The maximum absolute atomic E-state index is 4.56. The molecular formula is C22H29BN6. The molecule has 7 heteroatoms. The van der Waals surface area contributed by atoms with Crippen LogP contribution in [0.2, 0.25) is 0 Å². The fourth-order valence-corrected chi connectivity index (χ4v) is 3.81. The van der Waals surface area contributed by atoms with Crippen LogP contribution >= 0.6 is 0 Å². The van der Waals surface area contributed by atoms with Gasteiger partial charge < -0.3 is 15.1 Å². The predicted octanol–water partition coefficient (Wildman–Crippen LogP) is 2.81. The van der Waals surface area contributed by atoms with Gasteiger partial charge in [0.05, 0.1) is 5.69 Å². The molecule has 0 spiro atoms. The maximum Gasteiger partial charge on any atom is 0.246 e. The summed E-state index contributed by atoms with van der Waals surface area (Å²) < 4.78 is 1.78. The number of piperazine rings is 1. The number of benzene rings is 2. The molecule has 150 valence electrons. The van der Waals surface area contributed by atoms with E-state index in [9.17, 15) is 0 Å². The lowest BCUT2D eigenvalue weighted by Gasteiger charge is -2.43. The Morgan fingerprint density at radius 3 is 2.38 bits per heavy atom. The molecule has 1 aliphatic rings. The zero-order valence-corrected chi connectivity index (χ0v) is 17.8. The number of para-hydroxylation sites is 1. The van der Waals surface area contributed by atoms with E-state index in [1.54, 1.807) is 11.0 Å². The summed E-state index contributed by atoms with van der Waals surface area (Å²) in [5.74, 6) is 0.600. The average Bonchev–Trinajstić information content (AvgIpc) is 3.16. The Kier molecular flexibility index (Phi) is 5.32. The van der Waals surface area contributed by atoms with E-state index in [1.807, 2.05) is 30.3 Å². The number of aromatic nitrogens is 3. The number of rotatable bonds is 5. The summed E-state index contributed by atoms with van der Waals surface area (Å²) in [6, 6.07) is 16.6. The van der Waals surface area contributed by atoms with Gasteiger partial charge in [-0.25, -0.2) is 4.68 Å². The summed E-state index contributed by atoms with van der Waals surface area (Å²) >= 11 is 0. The van der Waals surface area contributed by atoms with E-state index in [4.69, 9.17) is 0 Å². The monoisotopic (exact) mass is 388 g/mol.